The molecule has 0 aliphatic carbocycles. The van der Waals surface area contributed by atoms with Crippen LogP contribution in [0.2, 0.25) is 5.02 Å². The number of rotatable bonds is 7. The van der Waals surface area contributed by atoms with Crippen LogP contribution >= 0.6 is 11.6 Å². The number of piperazine rings is 1. The van der Waals surface area contributed by atoms with Crippen LogP contribution in [0.4, 0.5) is 0 Å². The minimum Gasteiger partial charge on any atom is -0.345 e. The van der Waals surface area contributed by atoms with Gasteiger partial charge in [-0.3, -0.25) is 9.59 Å². The number of H-pyrrole nitrogens is 1. The number of carbonyl (C=O) groups is 1. The Bertz CT molecular complexity index is 1670. The van der Waals surface area contributed by atoms with E-state index in [0.29, 0.717) is 34.9 Å². The molecule has 12 heteroatoms. The summed E-state index contributed by atoms with van der Waals surface area (Å²) in [7, 11) is 0.129. The van der Waals surface area contributed by atoms with Gasteiger partial charge in [0.25, 0.3) is 21.5 Å². The van der Waals surface area contributed by atoms with Crippen LogP contribution in [-0.4, -0.2) is 90.0 Å². The molecule has 2 aromatic heterocycles. The summed E-state index contributed by atoms with van der Waals surface area (Å²) in [6.45, 7) is 2.12. The van der Waals surface area contributed by atoms with E-state index in [9.17, 15) is 18.0 Å². The van der Waals surface area contributed by atoms with Gasteiger partial charge in [-0.1, -0.05) is 23.7 Å². The molecular formula is C27H29ClN6O4S. The first-order valence-corrected chi connectivity index (χ1v) is 14.3. The number of fused-ring (bicyclic) bond motifs is 1. The summed E-state index contributed by atoms with van der Waals surface area (Å²) in [5, 5.41) is 5.83. The highest BCUT2D eigenvalue weighted by molar-refractivity contribution is 7.89. The summed E-state index contributed by atoms with van der Waals surface area (Å²) in [6, 6.07) is 17.0. The van der Waals surface area contributed by atoms with E-state index in [2.05, 4.69) is 10.1 Å². The van der Waals surface area contributed by atoms with Crippen molar-refractivity contribution in [1.29, 1.82) is 0 Å². The van der Waals surface area contributed by atoms with Crippen molar-refractivity contribution in [2.45, 2.75) is 11.6 Å². The maximum Gasteiger partial charge on any atom is 0.266 e. The highest BCUT2D eigenvalue weighted by atomic mass is 35.5. The van der Waals surface area contributed by atoms with Crippen LogP contribution in [0.3, 0.4) is 0 Å². The van der Waals surface area contributed by atoms with Crippen LogP contribution in [0.25, 0.3) is 22.2 Å². The number of hydrogen-bond acceptors (Lipinski definition) is 6. The molecular weight excluding hydrogens is 540 g/mol. The van der Waals surface area contributed by atoms with Crippen molar-refractivity contribution in [3.63, 3.8) is 0 Å². The molecule has 0 atom stereocenters. The van der Waals surface area contributed by atoms with Gasteiger partial charge in [0.1, 0.15) is 5.03 Å². The second kappa shape index (κ2) is 10.9. The van der Waals surface area contributed by atoms with E-state index >= 15 is 0 Å². The summed E-state index contributed by atoms with van der Waals surface area (Å²) in [6.07, 6.45) is 0. The Hall–Kier alpha value is -3.51. The third-order valence-electron chi connectivity index (χ3n) is 6.76. The Morgan fingerprint density at radius 2 is 1.72 bits per heavy atom. The number of hydrogen-bond donors (Lipinski definition) is 1. The number of benzene rings is 2. The molecule has 3 heterocycles. The lowest BCUT2D eigenvalue weighted by Crippen LogP contribution is -2.50. The van der Waals surface area contributed by atoms with Gasteiger partial charge >= 0.3 is 0 Å². The maximum absolute atomic E-state index is 13.2. The predicted octanol–water partition coefficient (Wildman–Crippen LogP) is 2.75. The standard InChI is InChI=1S/C27H29ClN6O4S/c1-31(2)11-16-34-26(35)10-9-24(30-34)19-3-5-20(6-4-19)27(36)32-12-14-33(15-13-32)39(37,38)25-18-21-17-22(28)7-8-23(21)29-25/h3-10,17-18,29H,11-16H2,1-2H3. The lowest BCUT2D eigenvalue weighted by molar-refractivity contribution is 0.0698. The summed E-state index contributed by atoms with van der Waals surface area (Å²) in [5.74, 6) is -0.164. The first-order chi connectivity index (χ1) is 18.6. The Labute approximate surface area is 231 Å². The van der Waals surface area contributed by atoms with Crippen LogP contribution in [-0.2, 0) is 16.6 Å². The molecule has 1 aliphatic rings. The molecule has 39 heavy (non-hydrogen) atoms. The molecule has 204 valence electrons. The molecule has 2 aromatic carbocycles. The van der Waals surface area contributed by atoms with Crippen LogP contribution < -0.4 is 5.56 Å². The lowest BCUT2D eigenvalue weighted by atomic mass is 10.1. The van der Waals surface area contributed by atoms with E-state index in [4.69, 9.17) is 11.6 Å². The van der Waals surface area contributed by atoms with Crippen molar-refractivity contribution in [3.8, 4) is 11.3 Å². The fourth-order valence-electron chi connectivity index (χ4n) is 4.51. The SMILES string of the molecule is CN(C)CCn1nc(-c2ccc(C(=O)N3CCN(S(=O)(=O)c4cc5cc(Cl)ccc5[nH]4)CC3)cc2)ccc1=O. The van der Waals surface area contributed by atoms with Gasteiger partial charge in [-0.25, -0.2) is 13.1 Å². The van der Waals surface area contributed by atoms with Crippen LogP contribution in [0.1, 0.15) is 10.4 Å². The van der Waals surface area contributed by atoms with Crippen molar-refractivity contribution >= 4 is 38.4 Å². The second-order valence-electron chi connectivity index (χ2n) is 9.72. The van der Waals surface area contributed by atoms with Crippen molar-refractivity contribution in [3.05, 3.63) is 81.6 Å². The number of nitrogens with zero attached hydrogens (tertiary/aromatic N) is 5. The van der Waals surface area contributed by atoms with E-state index in [0.717, 1.165) is 10.9 Å². The monoisotopic (exact) mass is 568 g/mol. The van der Waals surface area contributed by atoms with Crippen molar-refractivity contribution < 1.29 is 13.2 Å². The van der Waals surface area contributed by atoms with Gasteiger partial charge in [0.2, 0.25) is 0 Å². The zero-order chi connectivity index (χ0) is 27.7. The predicted molar refractivity (Wildman–Crippen MR) is 150 cm³/mol. The van der Waals surface area contributed by atoms with E-state index in [1.54, 1.807) is 59.5 Å². The topological polar surface area (TPSA) is 112 Å². The fourth-order valence-corrected chi connectivity index (χ4v) is 6.13. The molecule has 0 bridgehead atoms. The number of nitrogens with one attached hydrogen (secondary N) is 1. The molecule has 0 saturated carbocycles. The molecule has 1 N–H and O–H groups in total. The highest BCUT2D eigenvalue weighted by Gasteiger charge is 2.31. The van der Waals surface area contributed by atoms with E-state index in [1.165, 1.54) is 15.1 Å². The molecule has 1 saturated heterocycles. The van der Waals surface area contributed by atoms with Gasteiger partial charge in [-0.2, -0.15) is 9.40 Å². The molecule has 0 radical (unpaired) electrons. The third-order valence-corrected chi connectivity index (χ3v) is 8.81. The number of amides is 1. The minimum atomic E-state index is -3.74. The van der Waals surface area contributed by atoms with Gasteiger partial charge in [-0.15, -0.1) is 0 Å². The summed E-state index contributed by atoms with van der Waals surface area (Å²) < 4.78 is 29.2. The Kier molecular flexibility index (Phi) is 7.59. The number of aromatic amines is 1. The molecule has 0 spiro atoms. The van der Waals surface area contributed by atoms with E-state index in [-0.39, 0.29) is 42.7 Å². The summed E-state index contributed by atoms with van der Waals surface area (Å²) >= 11 is 6.03. The molecule has 1 aliphatic heterocycles. The molecule has 1 fully saturated rings. The minimum absolute atomic E-state index is 0.108. The first-order valence-electron chi connectivity index (χ1n) is 12.5. The average Bonchev–Trinajstić information content (AvgIpc) is 3.36. The number of likely N-dealkylation sites (N-methyl/N-ethyl adjacent to an activating group) is 1. The Morgan fingerprint density at radius 3 is 2.41 bits per heavy atom. The number of carbonyl (C=O) groups excluding carboxylic acids is 1. The first kappa shape index (κ1) is 27.1. The molecule has 4 aromatic rings. The number of halogens is 1. The summed E-state index contributed by atoms with van der Waals surface area (Å²) in [5.41, 5.74) is 2.47. The largest absolute Gasteiger partial charge is 0.345 e. The third kappa shape index (κ3) is 5.76. The number of aromatic nitrogens is 3. The lowest BCUT2D eigenvalue weighted by Gasteiger charge is -2.33. The van der Waals surface area contributed by atoms with Gasteiger partial charge in [0.15, 0.2) is 0 Å². The Balaban J connectivity index is 1.24. The Morgan fingerprint density at radius 1 is 1.00 bits per heavy atom. The van der Waals surface area contributed by atoms with Crippen molar-refractivity contribution in [1.82, 2.24) is 28.9 Å². The maximum atomic E-state index is 13.2. The van der Waals surface area contributed by atoms with E-state index in [1.807, 2.05) is 19.0 Å². The van der Waals surface area contributed by atoms with Crippen LogP contribution in [0, 0.1) is 0 Å². The normalized spacial score (nSPS) is 14.8. The highest BCUT2D eigenvalue weighted by Crippen LogP contribution is 2.25. The number of sulfonamides is 1. The van der Waals surface area contributed by atoms with Gasteiger partial charge in [0, 0.05) is 65.8 Å². The second-order valence-corrected chi connectivity index (χ2v) is 12.1. The van der Waals surface area contributed by atoms with Crippen LogP contribution in [0.15, 0.2) is 70.5 Å². The van der Waals surface area contributed by atoms with Gasteiger partial charge in [0.05, 0.1) is 12.2 Å². The van der Waals surface area contributed by atoms with Gasteiger partial charge < -0.3 is 14.8 Å². The zero-order valence-corrected chi connectivity index (χ0v) is 23.2. The van der Waals surface area contributed by atoms with Crippen molar-refractivity contribution in [2.24, 2.45) is 0 Å². The molecule has 10 nitrogen and oxygen atoms in total. The molecule has 0 unspecified atom stereocenters. The van der Waals surface area contributed by atoms with Crippen LogP contribution in [0.5, 0.6) is 0 Å². The smallest absolute Gasteiger partial charge is 0.266 e. The quantitative estimate of drug-likeness (QED) is 0.367. The average molecular weight is 569 g/mol. The summed E-state index contributed by atoms with van der Waals surface area (Å²) in [4.78, 5) is 31.9. The van der Waals surface area contributed by atoms with E-state index < -0.39 is 10.0 Å². The molecule has 1 amide bonds. The zero-order valence-electron chi connectivity index (χ0n) is 21.7. The fraction of sp³-hybridized carbons (Fsp3) is 0.296. The van der Waals surface area contributed by atoms with Gasteiger partial charge in [-0.05, 0) is 56.6 Å². The molecule has 5 rings (SSSR count). The van der Waals surface area contributed by atoms with Crippen molar-refractivity contribution in [2.75, 3.05) is 46.8 Å².